The predicted molar refractivity (Wildman–Crippen MR) is 143 cm³/mol. The molecule has 0 atom stereocenters. The molecule has 0 unspecified atom stereocenters. The highest BCUT2D eigenvalue weighted by atomic mass is 19.2. The molecule has 0 radical (unpaired) electrons. The Kier molecular flexibility index (Phi) is 7.25. The molecular formula is C34H22F8. The van der Waals surface area contributed by atoms with E-state index in [1.165, 1.54) is 0 Å². The minimum atomic E-state index is -2.08. The number of benzene rings is 4. The van der Waals surface area contributed by atoms with Crippen LogP contribution >= 0.6 is 0 Å². The Balaban J connectivity index is 1.61. The van der Waals surface area contributed by atoms with Gasteiger partial charge in [0.2, 0.25) is 0 Å². The SMILES string of the molecule is Fc1c(F)c(F)c2c(c1F)=C(CCCc1ccccc1)C1=c3c(F)c(F)c(F)c(F)c3=C(CCCc3ccccc3)C=21. The molecule has 214 valence electrons. The zero-order valence-electron chi connectivity index (χ0n) is 22.0. The van der Waals surface area contributed by atoms with Crippen LogP contribution in [0.4, 0.5) is 35.1 Å². The third-order valence-electron chi connectivity index (χ3n) is 7.96. The van der Waals surface area contributed by atoms with Crippen molar-refractivity contribution in [2.45, 2.75) is 38.5 Å². The van der Waals surface area contributed by atoms with E-state index in [9.17, 15) is 17.6 Å². The average molecular weight is 583 g/mol. The van der Waals surface area contributed by atoms with Crippen LogP contribution in [0.15, 0.2) is 60.7 Å². The van der Waals surface area contributed by atoms with Gasteiger partial charge in [0.15, 0.2) is 46.5 Å². The number of rotatable bonds is 8. The summed E-state index contributed by atoms with van der Waals surface area (Å²) in [6, 6.07) is 18.2. The monoisotopic (exact) mass is 582 g/mol. The van der Waals surface area contributed by atoms with Crippen molar-refractivity contribution in [1.29, 1.82) is 0 Å². The molecule has 0 bridgehead atoms. The quantitative estimate of drug-likeness (QED) is 0.132. The van der Waals surface area contributed by atoms with Gasteiger partial charge in [0.25, 0.3) is 0 Å². The molecule has 4 aromatic rings. The second-order valence-electron chi connectivity index (χ2n) is 10.4. The lowest BCUT2D eigenvalue weighted by Crippen LogP contribution is -2.38. The summed E-state index contributed by atoms with van der Waals surface area (Å²) in [6.07, 6.45) is 1.26. The molecule has 0 nitrogen and oxygen atoms in total. The fraction of sp³-hybridized carbons (Fsp3) is 0.176. The maximum absolute atomic E-state index is 15.5. The van der Waals surface area contributed by atoms with Crippen LogP contribution in [-0.4, -0.2) is 0 Å². The van der Waals surface area contributed by atoms with Crippen molar-refractivity contribution in [1.82, 2.24) is 0 Å². The van der Waals surface area contributed by atoms with E-state index >= 15 is 17.6 Å². The van der Waals surface area contributed by atoms with E-state index in [1.807, 2.05) is 36.4 Å². The van der Waals surface area contributed by atoms with Crippen LogP contribution in [-0.2, 0) is 12.8 Å². The van der Waals surface area contributed by atoms with E-state index in [4.69, 9.17) is 0 Å². The maximum atomic E-state index is 15.5. The first kappa shape index (κ1) is 27.9. The molecule has 0 heterocycles. The molecule has 4 aromatic carbocycles. The third-order valence-corrected chi connectivity index (χ3v) is 7.96. The van der Waals surface area contributed by atoms with Crippen molar-refractivity contribution in [3.63, 3.8) is 0 Å². The van der Waals surface area contributed by atoms with Gasteiger partial charge in [0, 0.05) is 20.9 Å². The predicted octanol–water partition coefficient (Wildman–Crippen LogP) is 6.18. The van der Waals surface area contributed by atoms with Gasteiger partial charge in [-0.3, -0.25) is 0 Å². The summed E-state index contributed by atoms with van der Waals surface area (Å²) in [7, 11) is 0. The van der Waals surface area contributed by atoms with Crippen molar-refractivity contribution >= 4 is 22.3 Å². The van der Waals surface area contributed by atoms with Gasteiger partial charge in [-0.05, 0) is 71.9 Å². The number of fused-ring (bicyclic) bond motifs is 3. The van der Waals surface area contributed by atoms with Crippen LogP contribution in [0.1, 0.15) is 36.8 Å². The standard InChI is InChI=1S/C34H22F8/c35-27-23-19(15-7-13-17-9-3-1-4-10-17)21-22(26(23)30(38)34(42)31(27)39)20(16-8-14-18-11-5-2-6-12-18)24-25(21)29(37)33(41)32(40)28(24)36/h1-6,9-12H,7-8,13-16H2. The summed E-state index contributed by atoms with van der Waals surface area (Å²) in [5.41, 5.74) is 1.03. The van der Waals surface area contributed by atoms with Gasteiger partial charge in [-0.1, -0.05) is 60.7 Å². The number of hydrogen-bond donors (Lipinski definition) is 0. The summed E-state index contributed by atoms with van der Waals surface area (Å²) in [6.45, 7) is 0. The van der Waals surface area contributed by atoms with Crippen LogP contribution < -0.4 is 20.9 Å². The highest BCUT2D eigenvalue weighted by molar-refractivity contribution is 6.26. The molecule has 42 heavy (non-hydrogen) atoms. The normalized spacial score (nSPS) is 13.6. The van der Waals surface area contributed by atoms with Crippen LogP contribution in [0.3, 0.4) is 0 Å². The van der Waals surface area contributed by atoms with E-state index < -0.39 is 67.4 Å². The Morgan fingerprint density at radius 2 is 0.643 bits per heavy atom. The number of aryl methyl sites for hydroxylation is 2. The van der Waals surface area contributed by atoms with E-state index in [-0.39, 0.29) is 48.0 Å². The molecule has 0 fully saturated rings. The van der Waals surface area contributed by atoms with Crippen LogP contribution in [0.5, 0.6) is 0 Å². The topological polar surface area (TPSA) is 0 Å². The Morgan fingerprint density at radius 3 is 0.976 bits per heavy atom. The summed E-state index contributed by atoms with van der Waals surface area (Å²) in [4.78, 5) is 0. The van der Waals surface area contributed by atoms with Crippen molar-refractivity contribution in [2.24, 2.45) is 0 Å². The molecule has 0 N–H and O–H groups in total. The van der Waals surface area contributed by atoms with E-state index in [2.05, 4.69) is 0 Å². The fourth-order valence-corrected chi connectivity index (χ4v) is 6.13. The second kappa shape index (κ2) is 10.9. The first-order valence-electron chi connectivity index (χ1n) is 13.5. The van der Waals surface area contributed by atoms with Crippen LogP contribution in [0.2, 0.25) is 0 Å². The third kappa shape index (κ3) is 4.35. The Morgan fingerprint density at radius 1 is 0.333 bits per heavy atom. The Hall–Kier alpha value is -4.20. The van der Waals surface area contributed by atoms with Gasteiger partial charge in [-0.15, -0.1) is 0 Å². The fourth-order valence-electron chi connectivity index (χ4n) is 6.13. The molecule has 0 saturated heterocycles. The Bertz CT molecular complexity index is 1850. The molecule has 8 heteroatoms. The van der Waals surface area contributed by atoms with Crippen molar-refractivity contribution in [2.75, 3.05) is 0 Å². The summed E-state index contributed by atoms with van der Waals surface area (Å²) < 4.78 is 120. The molecule has 0 aromatic heterocycles. The first-order chi connectivity index (χ1) is 20.2. The maximum Gasteiger partial charge on any atom is 0.198 e. The molecule has 0 aliphatic heterocycles. The number of hydrogen-bond acceptors (Lipinski definition) is 0. The van der Waals surface area contributed by atoms with Gasteiger partial charge in [-0.25, -0.2) is 35.1 Å². The molecule has 2 aliphatic rings. The highest BCUT2D eigenvalue weighted by Gasteiger charge is 2.37. The van der Waals surface area contributed by atoms with Crippen LogP contribution in [0, 0.1) is 46.5 Å². The van der Waals surface area contributed by atoms with Gasteiger partial charge < -0.3 is 0 Å². The summed E-state index contributed by atoms with van der Waals surface area (Å²) in [5.74, 6) is -15.1. The largest absolute Gasteiger partial charge is 0.203 e. The summed E-state index contributed by atoms with van der Waals surface area (Å²) >= 11 is 0. The lowest BCUT2D eigenvalue weighted by molar-refractivity contribution is 0.401. The van der Waals surface area contributed by atoms with Gasteiger partial charge in [-0.2, -0.15) is 0 Å². The smallest absolute Gasteiger partial charge is 0.198 e. The lowest BCUT2D eigenvalue weighted by Gasteiger charge is -2.11. The second-order valence-corrected chi connectivity index (χ2v) is 10.4. The van der Waals surface area contributed by atoms with Gasteiger partial charge in [0.05, 0.1) is 0 Å². The zero-order chi connectivity index (χ0) is 29.7. The zero-order valence-corrected chi connectivity index (χ0v) is 22.0. The molecule has 0 amide bonds. The van der Waals surface area contributed by atoms with Gasteiger partial charge >= 0.3 is 0 Å². The average Bonchev–Trinajstić information content (AvgIpc) is 3.51. The lowest BCUT2D eigenvalue weighted by atomic mass is 9.93. The molecule has 6 rings (SSSR count). The van der Waals surface area contributed by atoms with Crippen LogP contribution in [0.25, 0.3) is 22.3 Å². The highest BCUT2D eigenvalue weighted by Crippen LogP contribution is 2.38. The minimum absolute atomic E-state index is 0.0844. The van der Waals surface area contributed by atoms with Crippen molar-refractivity contribution < 1.29 is 35.1 Å². The van der Waals surface area contributed by atoms with Crippen molar-refractivity contribution in [3.05, 3.63) is 139 Å². The summed E-state index contributed by atoms with van der Waals surface area (Å²) in [5, 5.41) is -2.61. The number of halogens is 8. The van der Waals surface area contributed by atoms with Crippen molar-refractivity contribution in [3.8, 4) is 0 Å². The Labute approximate surface area is 235 Å². The first-order valence-corrected chi connectivity index (χ1v) is 13.5. The van der Waals surface area contributed by atoms with E-state index in [0.717, 1.165) is 11.1 Å². The molecule has 0 spiro atoms. The molecular weight excluding hydrogens is 560 g/mol. The van der Waals surface area contributed by atoms with Gasteiger partial charge in [0.1, 0.15) is 0 Å². The van der Waals surface area contributed by atoms with E-state index in [0.29, 0.717) is 12.8 Å². The minimum Gasteiger partial charge on any atom is -0.203 e. The van der Waals surface area contributed by atoms with E-state index in [1.54, 1.807) is 24.3 Å². The molecule has 2 aliphatic carbocycles. The molecule has 0 saturated carbocycles.